The Labute approximate surface area is 145 Å². The number of aromatic nitrogens is 2. The molecule has 7 heteroatoms. The van der Waals surface area contributed by atoms with Gasteiger partial charge in [-0.15, -0.1) is 11.3 Å². The van der Waals surface area contributed by atoms with Gasteiger partial charge in [-0.1, -0.05) is 5.16 Å². The minimum Gasteiger partial charge on any atom is -0.384 e. The summed E-state index contributed by atoms with van der Waals surface area (Å²) in [5, 5.41) is 6.12. The van der Waals surface area contributed by atoms with Crippen LogP contribution in [0.2, 0.25) is 0 Å². The lowest BCUT2D eigenvalue weighted by atomic mass is 9.97. The average molecular weight is 349 g/mol. The van der Waals surface area contributed by atoms with E-state index in [1.165, 1.54) is 16.9 Å². The molecule has 130 valence electrons. The molecule has 1 fully saturated rings. The molecular formula is C17H23N3O3S. The van der Waals surface area contributed by atoms with Crippen LogP contribution in [0.1, 0.15) is 52.6 Å². The molecule has 3 rings (SSSR count). The zero-order valence-electron chi connectivity index (χ0n) is 14.2. The van der Waals surface area contributed by atoms with Gasteiger partial charge in [0.05, 0.1) is 17.4 Å². The molecule has 1 atom stereocenters. The number of nitrogens with zero attached hydrogens (tertiary/aromatic N) is 3. The molecule has 1 aliphatic heterocycles. The summed E-state index contributed by atoms with van der Waals surface area (Å²) in [5.41, 5.74) is 1.21. The van der Waals surface area contributed by atoms with E-state index in [0.717, 1.165) is 43.2 Å². The quantitative estimate of drug-likeness (QED) is 0.716. The Hall–Kier alpha value is -1.57. The number of ether oxygens (including phenoxy) is 1. The van der Waals surface area contributed by atoms with Gasteiger partial charge in [-0.3, -0.25) is 9.69 Å². The molecule has 1 saturated heterocycles. The minimum absolute atomic E-state index is 0.136. The molecular weight excluding hydrogens is 326 g/mol. The van der Waals surface area contributed by atoms with E-state index in [1.807, 2.05) is 6.07 Å². The highest BCUT2D eigenvalue weighted by Crippen LogP contribution is 2.27. The molecule has 2 aromatic heterocycles. The van der Waals surface area contributed by atoms with Crippen LogP contribution in [0, 0.1) is 0 Å². The summed E-state index contributed by atoms with van der Waals surface area (Å²) in [4.78, 5) is 19.2. The number of hydrogen-bond acceptors (Lipinski definition) is 7. The molecule has 0 amide bonds. The number of thiophene rings is 1. The van der Waals surface area contributed by atoms with Crippen molar-refractivity contribution in [2.45, 2.75) is 38.6 Å². The number of ketones is 1. The summed E-state index contributed by atoms with van der Waals surface area (Å²) in [5.74, 6) is 1.87. The van der Waals surface area contributed by atoms with Gasteiger partial charge in [-0.05, 0) is 43.3 Å². The molecule has 2 aromatic rings. The topological polar surface area (TPSA) is 68.5 Å². The van der Waals surface area contributed by atoms with Gasteiger partial charge in [-0.2, -0.15) is 4.98 Å². The highest BCUT2D eigenvalue weighted by molar-refractivity contribution is 7.12. The van der Waals surface area contributed by atoms with Crippen LogP contribution in [-0.4, -0.2) is 47.6 Å². The van der Waals surface area contributed by atoms with Crippen LogP contribution in [-0.2, 0) is 17.7 Å². The standard InChI is InChI=1S/C17H23N3O3S/c1-12(21)15-8-13(11-24-15)9-20-6-3-4-14(10-20)17-18-16(19-23-17)5-7-22-2/h8,11,14H,3-7,9-10H2,1-2H3/t14-/m0/s1. The molecule has 1 aliphatic rings. The van der Waals surface area contributed by atoms with E-state index in [2.05, 4.69) is 20.4 Å². The van der Waals surface area contributed by atoms with Gasteiger partial charge >= 0.3 is 0 Å². The fourth-order valence-corrected chi connectivity index (χ4v) is 3.84. The first-order valence-corrected chi connectivity index (χ1v) is 9.16. The van der Waals surface area contributed by atoms with Gasteiger partial charge in [-0.25, -0.2) is 0 Å². The summed E-state index contributed by atoms with van der Waals surface area (Å²) in [7, 11) is 1.67. The van der Waals surface area contributed by atoms with Crippen molar-refractivity contribution in [3.8, 4) is 0 Å². The second-order valence-corrected chi connectivity index (χ2v) is 7.15. The van der Waals surface area contributed by atoms with Crippen molar-refractivity contribution >= 4 is 17.1 Å². The summed E-state index contributed by atoms with van der Waals surface area (Å²) in [6.07, 6.45) is 2.87. The summed E-state index contributed by atoms with van der Waals surface area (Å²) in [6.45, 7) is 5.06. The molecule has 0 spiro atoms. The van der Waals surface area contributed by atoms with Crippen molar-refractivity contribution in [2.24, 2.45) is 0 Å². The third kappa shape index (κ3) is 4.28. The monoisotopic (exact) mass is 349 g/mol. The second-order valence-electron chi connectivity index (χ2n) is 6.24. The first kappa shape index (κ1) is 17.3. The van der Waals surface area contributed by atoms with E-state index in [0.29, 0.717) is 18.9 Å². The predicted octanol–water partition coefficient (Wildman–Crippen LogP) is 2.90. The van der Waals surface area contributed by atoms with Crippen molar-refractivity contribution in [3.63, 3.8) is 0 Å². The third-order valence-corrected chi connectivity index (χ3v) is 5.36. The molecule has 0 N–H and O–H groups in total. The largest absolute Gasteiger partial charge is 0.384 e. The van der Waals surface area contributed by atoms with Gasteiger partial charge in [0.2, 0.25) is 5.89 Å². The fourth-order valence-electron chi connectivity index (χ4n) is 3.03. The van der Waals surface area contributed by atoms with Crippen LogP contribution in [0.5, 0.6) is 0 Å². The number of carbonyl (C=O) groups excluding carboxylic acids is 1. The summed E-state index contributed by atoms with van der Waals surface area (Å²) in [6, 6.07) is 2.01. The lowest BCUT2D eigenvalue weighted by molar-refractivity contribution is 0.102. The zero-order chi connectivity index (χ0) is 16.9. The van der Waals surface area contributed by atoms with Gasteiger partial charge in [0.25, 0.3) is 0 Å². The molecule has 6 nitrogen and oxygen atoms in total. The summed E-state index contributed by atoms with van der Waals surface area (Å²) < 4.78 is 10.5. The third-order valence-electron chi connectivity index (χ3n) is 4.28. The van der Waals surface area contributed by atoms with E-state index in [9.17, 15) is 4.79 Å². The molecule has 24 heavy (non-hydrogen) atoms. The number of carbonyl (C=O) groups is 1. The fraction of sp³-hybridized carbons (Fsp3) is 0.588. The Balaban J connectivity index is 1.59. The lowest BCUT2D eigenvalue weighted by Crippen LogP contribution is -2.33. The molecule has 0 unspecified atom stereocenters. The van der Waals surface area contributed by atoms with E-state index in [4.69, 9.17) is 9.26 Å². The highest BCUT2D eigenvalue weighted by Gasteiger charge is 2.26. The second kappa shape index (κ2) is 8.00. The highest BCUT2D eigenvalue weighted by atomic mass is 32.1. The molecule has 0 aromatic carbocycles. The number of rotatable bonds is 7. The van der Waals surface area contributed by atoms with E-state index < -0.39 is 0 Å². The molecule has 0 aliphatic carbocycles. The minimum atomic E-state index is 0.136. The van der Waals surface area contributed by atoms with Crippen molar-refractivity contribution in [1.29, 1.82) is 0 Å². The maximum atomic E-state index is 11.4. The zero-order valence-corrected chi connectivity index (χ0v) is 15.0. The van der Waals surface area contributed by atoms with E-state index in [1.54, 1.807) is 14.0 Å². The van der Waals surface area contributed by atoms with Crippen LogP contribution in [0.15, 0.2) is 16.0 Å². The Morgan fingerprint density at radius 2 is 2.42 bits per heavy atom. The Bertz CT molecular complexity index is 682. The van der Waals surface area contributed by atoms with Gasteiger partial charge < -0.3 is 9.26 Å². The van der Waals surface area contributed by atoms with Crippen LogP contribution in [0.3, 0.4) is 0 Å². The predicted molar refractivity (Wildman–Crippen MR) is 91.5 cm³/mol. The van der Waals surface area contributed by atoms with Crippen LogP contribution >= 0.6 is 11.3 Å². The van der Waals surface area contributed by atoms with E-state index in [-0.39, 0.29) is 11.7 Å². The van der Waals surface area contributed by atoms with Gasteiger partial charge in [0.1, 0.15) is 0 Å². The molecule has 0 saturated carbocycles. The van der Waals surface area contributed by atoms with Gasteiger partial charge in [0, 0.05) is 26.6 Å². The number of hydrogen-bond donors (Lipinski definition) is 0. The number of piperidine rings is 1. The normalized spacial score (nSPS) is 18.8. The maximum Gasteiger partial charge on any atom is 0.231 e. The number of Topliss-reactive ketones (excluding diaryl/α,β-unsaturated/α-hetero) is 1. The lowest BCUT2D eigenvalue weighted by Gasteiger charge is -2.30. The summed E-state index contributed by atoms with van der Waals surface area (Å²) >= 11 is 1.53. The van der Waals surface area contributed by atoms with Crippen molar-refractivity contribution < 1.29 is 14.1 Å². The van der Waals surface area contributed by atoms with Crippen molar-refractivity contribution in [3.05, 3.63) is 33.6 Å². The SMILES string of the molecule is COCCc1noc([C@H]2CCCN(Cc3csc(C(C)=O)c3)C2)n1. The van der Waals surface area contributed by atoms with Crippen LogP contribution in [0.4, 0.5) is 0 Å². The molecule has 3 heterocycles. The molecule has 0 radical (unpaired) electrons. The Morgan fingerprint density at radius 1 is 1.54 bits per heavy atom. The Kier molecular flexibility index (Phi) is 5.76. The smallest absolute Gasteiger partial charge is 0.231 e. The average Bonchev–Trinajstić information content (AvgIpc) is 3.22. The number of likely N-dealkylation sites (tertiary alicyclic amines) is 1. The van der Waals surface area contributed by atoms with Gasteiger partial charge in [0.15, 0.2) is 11.6 Å². The number of methoxy groups -OCH3 is 1. The first-order chi connectivity index (χ1) is 11.7. The molecule has 0 bridgehead atoms. The van der Waals surface area contributed by atoms with Crippen molar-refractivity contribution in [1.82, 2.24) is 15.0 Å². The Morgan fingerprint density at radius 3 is 3.17 bits per heavy atom. The van der Waals surface area contributed by atoms with Crippen LogP contribution in [0.25, 0.3) is 0 Å². The van der Waals surface area contributed by atoms with Crippen molar-refractivity contribution in [2.75, 3.05) is 26.8 Å². The maximum absolute atomic E-state index is 11.4. The first-order valence-electron chi connectivity index (χ1n) is 8.28. The van der Waals surface area contributed by atoms with Crippen LogP contribution < -0.4 is 0 Å². The van der Waals surface area contributed by atoms with E-state index >= 15 is 0 Å².